The van der Waals surface area contributed by atoms with Crippen molar-refractivity contribution in [1.82, 2.24) is 60.0 Å². The van der Waals surface area contributed by atoms with Crippen molar-refractivity contribution in [2.24, 2.45) is 17.8 Å². The summed E-state index contributed by atoms with van der Waals surface area (Å²) in [5.74, 6) is -10.4. The Hall–Kier alpha value is -8.31. The van der Waals surface area contributed by atoms with E-state index >= 15 is 28.8 Å². The van der Waals surface area contributed by atoms with Crippen LogP contribution in [0.3, 0.4) is 0 Å². The fourth-order valence-corrected chi connectivity index (χ4v) is 15.2. The number of halogens is 7. The fraction of sp³-hybridized carbons (Fsp3) is 0.653. The van der Waals surface area contributed by atoms with Crippen LogP contribution in [-0.4, -0.2) is 258 Å². The lowest BCUT2D eigenvalue weighted by Crippen LogP contribution is -2.65. The Labute approximate surface area is 623 Å². The Kier molecular flexibility index (Phi) is 30.6. The number of rotatable bonds is 13. The number of allylic oxidation sites excluding steroid dienone is 4. The Morgan fingerprint density at radius 3 is 1.94 bits per heavy atom. The van der Waals surface area contributed by atoms with Crippen LogP contribution in [0, 0.1) is 17.8 Å². The summed E-state index contributed by atoms with van der Waals surface area (Å²) in [6.07, 6.45) is -1.64. The van der Waals surface area contributed by atoms with Crippen molar-refractivity contribution in [1.29, 1.82) is 0 Å². The molecule has 0 unspecified atom stereocenters. The van der Waals surface area contributed by atoms with Gasteiger partial charge < -0.3 is 60.0 Å². The first-order valence-corrected chi connectivity index (χ1v) is 36.9. The normalized spacial score (nSPS) is 26.3. The Morgan fingerprint density at radius 2 is 1.36 bits per heavy atom. The minimum absolute atomic E-state index is 0.0501. The van der Waals surface area contributed by atoms with E-state index in [-0.39, 0.29) is 82.4 Å². The van der Waals surface area contributed by atoms with Gasteiger partial charge in [-0.1, -0.05) is 120 Å². The molecule has 5 aliphatic rings. The third-order valence-electron chi connectivity index (χ3n) is 21.4. The summed E-state index contributed by atoms with van der Waals surface area (Å²) in [6.45, 7) is 10.3. The lowest BCUT2D eigenvalue weighted by molar-refractivity contribution is -0.156. The molecule has 31 heteroatoms. The van der Waals surface area contributed by atoms with E-state index in [0.29, 0.717) is 62.7 Å². The zero-order chi connectivity index (χ0) is 79.2. The number of benzene rings is 1. The van der Waals surface area contributed by atoms with Gasteiger partial charge in [0, 0.05) is 69.5 Å². The second kappa shape index (κ2) is 37.5. The second-order valence-corrected chi connectivity index (χ2v) is 30.2. The van der Waals surface area contributed by atoms with Crippen molar-refractivity contribution >= 4 is 82.5 Å². The van der Waals surface area contributed by atoms with Gasteiger partial charge in [-0.2, -0.15) is 26.3 Å². The van der Waals surface area contributed by atoms with Gasteiger partial charge in [-0.3, -0.25) is 57.5 Å². The van der Waals surface area contributed by atoms with E-state index in [1.807, 2.05) is 13.8 Å². The fourth-order valence-electron chi connectivity index (χ4n) is 14.9. The lowest BCUT2D eigenvalue weighted by Gasteiger charge is -2.42. The number of alkyl halides is 6. The number of aryl methyl sites for hydroxylation is 1. The molecule has 2 saturated carbocycles. The molecule has 12 amide bonds. The molecule has 1 aromatic rings. The minimum atomic E-state index is -4.83. The molecule has 3 N–H and O–H groups in total. The number of nitrogens with zero attached hydrogens (tertiary/aromatic N) is 9. The quantitative estimate of drug-likeness (QED) is 0.100. The highest BCUT2D eigenvalue weighted by atomic mass is 35.5. The predicted molar refractivity (Wildman–Crippen MR) is 385 cm³/mol. The maximum Gasteiger partial charge on any atom is 0.417 e. The van der Waals surface area contributed by atoms with Crippen molar-refractivity contribution in [3.05, 3.63) is 82.5 Å². The Morgan fingerprint density at radius 1 is 0.717 bits per heavy atom. The van der Waals surface area contributed by atoms with Crippen molar-refractivity contribution in [3.8, 4) is 0 Å². The molecule has 106 heavy (non-hydrogen) atoms. The largest absolute Gasteiger partial charge is 0.417 e. The van der Waals surface area contributed by atoms with Crippen molar-refractivity contribution in [2.45, 2.75) is 216 Å². The van der Waals surface area contributed by atoms with Crippen LogP contribution in [0.2, 0.25) is 5.02 Å². The van der Waals surface area contributed by atoms with E-state index in [0.717, 1.165) is 48.8 Å². The molecule has 6 rings (SSSR count). The molecule has 3 aliphatic heterocycles. The van der Waals surface area contributed by atoms with Crippen LogP contribution >= 0.6 is 11.6 Å². The topological polar surface area (TPSA) is 270 Å². The Balaban J connectivity index is 1.49. The van der Waals surface area contributed by atoms with E-state index in [2.05, 4.69) is 22.5 Å². The first-order valence-electron chi connectivity index (χ1n) is 36.5. The third kappa shape index (κ3) is 21.5. The molecule has 588 valence electrons. The highest BCUT2D eigenvalue weighted by Gasteiger charge is 2.52. The number of fused-ring (bicyclic) bond motifs is 3. The van der Waals surface area contributed by atoms with Gasteiger partial charge >= 0.3 is 12.4 Å². The zero-order valence-corrected chi connectivity index (χ0v) is 64.1. The first kappa shape index (κ1) is 86.6. The molecule has 4 fully saturated rings. The maximum absolute atomic E-state index is 15.6. The summed E-state index contributed by atoms with van der Waals surface area (Å²) in [4.78, 5) is 191. The van der Waals surface area contributed by atoms with Crippen molar-refractivity contribution < 1.29 is 83.9 Å². The number of amides is 12. The number of hydrogen-bond acceptors (Lipinski definition) is 12. The summed E-state index contributed by atoms with van der Waals surface area (Å²) in [5.41, 5.74) is -3.03. The summed E-state index contributed by atoms with van der Waals surface area (Å²) in [5, 5.41) is 7.89. The molecule has 0 radical (unpaired) electrons. The molecular formula is C75H107ClF6N12O12. The van der Waals surface area contributed by atoms with Crippen LogP contribution in [0.25, 0.3) is 0 Å². The van der Waals surface area contributed by atoms with E-state index < -0.39 is 191 Å². The van der Waals surface area contributed by atoms with Gasteiger partial charge in [-0.25, -0.2) is 0 Å². The minimum Gasteiger partial charge on any atom is -0.347 e. The molecule has 1 spiro atoms. The van der Waals surface area contributed by atoms with Gasteiger partial charge in [-0.05, 0) is 119 Å². The third-order valence-corrected chi connectivity index (χ3v) is 21.7. The molecule has 3 heterocycles. The Bertz CT molecular complexity index is 3520. The van der Waals surface area contributed by atoms with Crippen molar-refractivity contribution in [3.63, 3.8) is 0 Å². The van der Waals surface area contributed by atoms with Crippen molar-refractivity contribution in [2.75, 3.05) is 82.6 Å². The molecular weight excluding hydrogens is 1410 g/mol. The van der Waals surface area contributed by atoms with Gasteiger partial charge in [0.15, 0.2) is 0 Å². The van der Waals surface area contributed by atoms with Gasteiger partial charge in [-0.15, -0.1) is 0 Å². The summed E-state index contributed by atoms with van der Waals surface area (Å²) in [6, 6.07) is -8.12. The van der Waals surface area contributed by atoms with Crippen LogP contribution in [0.4, 0.5) is 26.3 Å². The molecule has 0 aromatic heterocycles. The number of hydrogen-bond donors (Lipinski definition) is 3. The highest BCUT2D eigenvalue weighted by Crippen LogP contribution is 2.39. The van der Waals surface area contributed by atoms with Gasteiger partial charge in [0.2, 0.25) is 70.9 Å². The second-order valence-electron chi connectivity index (χ2n) is 29.8. The average molecular weight is 1520 g/mol. The number of nitrogens with one attached hydrogen (secondary N) is 3. The maximum atomic E-state index is 15.6. The van der Waals surface area contributed by atoms with Crippen LogP contribution < -0.4 is 16.0 Å². The first-order chi connectivity index (χ1) is 49.6. The molecule has 2 bridgehead atoms. The van der Waals surface area contributed by atoms with E-state index in [1.165, 1.54) is 82.1 Å². The van der Waals surface area contributed by atoms with Gasteiger partial charge in [0.1, 0.15) is 53.9 Å². The highest BCUT2D eigenvalue weighted by molar-refractivity contribution is 6.31. The van der Waals surface area contributed by atoms with E-state index in [4.69, 9.17) is 11.6 Å². The van der Waals surface area contributed by atoms with Gasteiger partial charge in [0.05, 0.1) is 35.7 Å². The predicted octanol–water partition coefficient (Wildman–Crippen LogP) is 7.24. The smallest absolute Gasteiger partial charge is 0.347 e. The van der Waals surface area contributed by atoms with Crippen LogP contribution in [0.1, 0.15) is 155 Å². The molecule has 9 atom stereocenters. The molecule has 2 aliphatic carbocycles. The SMILES string of the molecule is C=C/C(=C\C=C\C[C@H]1C(=O)N(C)CC(=O)N[C@@H](CCc2ccc(C(F)(F)F)c(Cl)c2)C(=O)N2CCC[C@H]2C(=O)NC2(CCCC2)C(=O)N(C)[C@@H](C2CCCC2)C(=O)N(C)[C@H](C(=O)N(C)C)CC(=O)N(C)[C@@H](CC(C)C)C(=O)N[C@@H]([C@@H](C)CC)C(=O)N(C)CC(=O)N(C)[C@H]2C/C(C)=C\CCN1C2=O)C(F)(F)F. The number of likely N-dealkylation sites (N-methyl/N-ethyl adjacent to an activating group) is 7. The number of carbonyl (C=O) groups excluding carboxylic acids is 12. The standard InChI is InChI=1S/C75H107ClF6N12O12/c1-15-47(6)62-70(104)88(10)44-61(97)90(12)57-40-46(5)25-23-37-94(69(57)103)55(29-20-19-28-50(16-2)74(77,78)79)68(102)87(9)43-59(95)83-53(34-32-48-31-33-51(52(76)41-48)75(80,81)82)66(100)93-38-24-30-54(93)65(99)85-73(35-21-22-36-73)72(106)92(14)63(49-26-17-18-27-49)71(105)91(13)58(67(101)86(7)8)42-60(96)89(11)56(39-45(3)4)64(98)84-62/h16,19-20,25,28,31,33,41,45,47,49,53-58,62-63H,2,15,17-18,21-24,26-27,29-30,32,34-40,42-44H2,1,3-14H3,(H,83,95)(H,84,98)(H,85,99)/b20-19+,46-25-,50-28+/t47-,53-,54-,55-,56-,57-,58-,62-,63-/m0/s1. The van der Waals surface area contributed by atoms with E-state index in [1.54, 1.807) is 26.8 Å². The molecule has 24 nitrogen and oxygen atoms in total. The summed E-state index contributed by atoms with van der Waals surface area (Å²) in [7, 11) is 11.0. The van der Waals surface area contributed by atoms with E-state index in [9.17, 15) is 55.1 Å². The summed E-state index contributed by atoms with van der Waals surface area (Å²) < 4.78 is 83.6. The molecule has 2 saturated heterocycles. The van der Waals surface area contributed by atoms with Crippen LogP contribution in [0.5, 0.6) is 0 Å². The molecule has 1 aromatic carbocycles. The lowest BCUT2D eigenvalue weighted by atomic mass is 9.90. The average Bonchev–Trinajstić information content (AvgIpc) is 1.03. The number of carbonyl (C=O) groups is 12. The monoisotopic (exact) mass is 1520 g/mol. The van der Waals surface area contributed by atoms with Crippen LogP contribution in [-0.2, 0) is 70.1 Å². The van der Waals surface area contributed by atoms with Gasteiger partial charge in [0.25, 0.3) is 0 Å². The van der Waals surface area contributed by atoms with Crippen LogP contribution in [0.15, 0.2) is 66.3 Å². The summed E-state index contributed by atoms with van der Waals surface area (Å²) >= 11 is 6.15. The zero-order valence-electron chi connectivity index (χ0n) is 63.3.